The van der Waals surface area contributed by atoms with Crippen LogP contribution in [0, 0.1) is 19.7 Å². The minimum Gasteiger partial charge on any atom is -0.462 e. The Morgan fingerprint density at radius 1 is 0.496 bits per heavy atom. The summed E-state index contributed by atoms with van der Waals surface area (Å²) >= 11 is 0. The maximum absolute atomic E-state index is 14.7. The van der Waals surface area contributed by atoms with Crippen molar-refractivity contribution in [2.75, 3.05) is 195 Å². The number of carbonyl (C=O) groups excluding carboxylic acids is 3. The molecule has 7 fully saturated rings. The van der Waals surface area contributed by atoms with Gasteiger partial charge in [-0.25, -0.2) is 32.9 Å². The quantitative estimate of drug-likeness (QED) is 0.0455. The number of aromatic nitrogens is 6. The Balaban J connectivity index is 0.000000140. The summed E-state index contributed by atoms with van der Waals surface area (Å²) in [5.41, 5.74) is 7.60. The van der Waals surface area contributed by atoms with Crippen molar-refractivity contribution in [2.24, 2.45) is 0 Å². The van der Waals surface area contributed by atoms with E-state index in [4.69, 9.17) is 68.6 Å². The lowest BCUT2D eigenvalue weighted by atomic mass is 10.0. The molecule has 8 aromatic rings. The first kappa shape index (κ1) is 88.2. The first-order valence-corrected chi connectivity index (χ1v) is 44.2. The number of likely N-dealkylation sites (N-methyl/N-ethyl adjacent to an activating group) is 3. The smallest absolute Gasteiger partial charge is 0.318 e. The monoisotopic (exact) mass is 1730 g/mol. The minimum atomic E-state index is -2.57. The van der Waals surface area contributed by atoms with Crippen LogP contribution in [0.3, 0.4) is 0 Å². The highest BCUT2D eigenvalue weighted by molar-refractivity contribution is 5.96. The lowest BCUT2D eigenvalue weighted by Gasteiger charge is -2.41. The largest absolute Gasteiger partial charge is 0.462 e. The van der Waals surface area contributed by atoms with Crippen LogP contribution in [0.25, 0.3) is 36.1 Å². The van der Waals surface area contributed by atoms with E-state index in [-0.39, 0.29) is 96.8 Å². The van der Waals surface area contributed by atoms with Crippen molar-refractivity contribution in [3.8, 4) is 18.0 Å². The molecule has 12 heterocycles. The zero-order chi connectivity index (χ0) is 88.6. The van der Waals surface area contributed by atoms with Gasteiger partial charge in [0.25, 0.3) is 6.43 Å². The molecule has 7 atom stereocenters. The lowest BCUT2D eigenvalue weighted by Crippen LogP contribution is -2.56. The first-order chi connectivity index (χ1) is 61.6. The van der Waals surface area contributed by atoms with Gasteiger partial charge in [0.1, 0.15) is 67.2 Å². The summed E-state index contributed by atoms with van der Waals surface area (Å²) in [5.74, 6) is 1.91. The van der Waals surface area contributed by atoms with Crippen molar-refractivity contribution in [3.05, 3.63) is 221 Å². The van der Waals surface area contributed by atoms with Crippen molar-refractivity contribution >= 4 is 73.8 Å². The Bertz CT molecular complexity index is 5510. The maximum Gasteiger partial charge on any atom is 0.318 e. The van der Waals surface area contributed by atoms with Crippen LogP contribution in [0.2, 0.25) is 0 Å². The van der Waals surface area contributed by atoms with Gasteiger partial charge in [-0.05, 0) is 127 Å². The van der Waals surface area contributed by atoms with Crippen molar-refractivity contribution in [3.63, 3.8) is 0 Å². The molecule has 127 heavy (non-hydrogen) atoms. The molecular weight excluding hydrogens is 1620 g/mol. The molecule has 0 N–H and O–H groups in total. The third kappa shape index (κ3) is 19.5. The number of benzene rings is 5. The molecule has 18 rings (SSSR count). The van der Waals surface area contributed by atoms with Crippen molar-refractivity contribution in [1.82, 2.24) is 59.3 Å². The van der Waals surface area contributed by atoms with Crippen LogP contribution in [0.4, 0.5) is 47.7 Å². The van der Waals surface area contributed by atoms with Crippen LogP contribution in [0.15, 0.2) is 147 Å². The summed E-state index contributed by atoms with van der Waals surface area (Å²) in [6.07, 6.45) is 8.39. The molecule has 31 heteroatoms. The third-order valence-electron chi connectivity index (χ3n) is 26.9. The Labute approximate surface area is 741 Å². The summed E-state index contributed by atoms with van der Waals surface area (Å²) in [6.45, 7) is 48.1. The van der Waals surface area contributed by atoms with Gasteiger partial charge in [0.05, 0.1) is 43.3 Å². The Kier molecular flexibility index (Phi) is 27.1. The number of para-hydroxylation sites is 1. The van der Waals surface area contributed by atoms with Gasteiger partial charge in [-0.15, -0.1) is 0 Å². The van der Waals surface area contributed by atoms with Crippen molar-refractivity contribution in [2.45, 2.75) is 132 Å². The third-order valence-corrected chi connectivity index (χ3v) is 26.9. The summed E-state index contributed by atoms with van der Waals surface area (Å²) in [6, 6.07) is 36.6. The van der Waals surface area contributed by atoms with Crippen LogP contribution >= 0.6 is 0 Å². The Hall–Kier alpha value is -12.2. The summed E-state index contributed by atoms with van der Waals surface area (Å²) in [5, 5.41) is 4.83. The zero-order valence-electron chi connectivity index (χ0n) is 73.0. The van der Waals surface area contributed by atoms with Gasteiger partial charge in [-0.2, -0.15) is 29.9 Å². The molecule has 28 nitrogen and oxygen atoms in total. The predicted molar refractivity (Wildman–Crippen MR) is 485 cm³/mol. The van der Waals surface area contributed by atoms with E-state index in [0.717, 1.165) is 115 Å². The van der Waals surface area contributed by atoms with E-state index in [2.05, 4.69) is 168 Å². The molecule has 0 bridgehead atoms. The molecule has 1 saturated carbocycles. The fraction of sp³-hybridized carbons (Fsp3) is 0.479. The molecule has 2 unspecified atom stereocenters. The second-order valence-electron chi connectivity index (χ2n) is 35.1. The van der Waals surface area contributed by atoms with E-state index >= 15 is 0 Å². The predicted octanol–water partition coefficient (Wildman–Crippen LogP) is 11.3. The standard InChI is InChI=1S/C34H39N7O3.C33H38FN7O2.C29H35F2N7O2/c1-4-31(42)41-17-16-40(19-25(41)18-35-2)32-28-12-15-39(30-11-7-9-24-8-5-6-10-27(24)30)21-29(28)36-33(37-32)43-22-26-20-38(3)34(13-14-34)23-44-26;1-5-30(42)41-16-15-40(19-25(41)18-35-3)31-27-13-14-39(29-12-8-10-23-9-6-7-11-26(23)29)20-28(27)36-32(37-31)43-21-24-17-33(2,34)22-38(24)4;1-4-26(39)38-15-14-37(17-21(38)16-32-2)28-22-11-13-36(25-10-6-5-9-23(25)27(30)31)18-24(22)33-29(34-28)40-19-20-8-7-12-35(20)3/h4-11,25-26H,1,12-23H2,3H3;5-12,24-25H,1,13-22H2,2,4H3;4-6,9-10,20-21,27H,1,7-8,11-19H2,3H3/t25-,26+;24-,25-,33?;20-,21?/m000/s1. The number of hydrogen-bond donors (Lipinski definition) is 0. The van der Waals surface area contributed by atoms with Gasteiger partial charge in [0, 0.05) is 166 Å². The second-order valence-corrected chi connectivity index (χ2v) is 35.1. The van der Waals surface area contributed by atoms with Gasteiger partial charge in [0.15, 0.2) is 0 Å². The van der Waals surface area contributed by atoms with Gasteiger partial charge >= 0.3 is 18.0 Å². The van der Waals surface area contributed by atoms with E-state index in [1.54, 1.807) is 39.8 Å². The van der Waals surface area contributed by atoms with Crippen molar-refractivity contribution < 1.29 is 46.5 Å². The number of morpholine rings is 1. The van der Waals surface area contributed by atoms with E-state index in [9.17, 15) is 27.6 Å². The highest BCUT2D eigenvalue weighted by atomic mass is 19.3. The SMILES string of the molecule is [C-]#[N+]CC1CN(c2nc(OC[C@@H]3CCCN3C)nc3c2CCN(c2ccccc2C(F)F)C3)CCN1C(=O)C=C.[C-]#[N+]C[C@H]1CN(c2nc(OC[C@@H]3CC(C)(F)CN3C)nc3c2CCN(c2cccc4ccccc24)C3)CCN1C(=O)C=C.[C-]#[N+]C[C@H]1CN(c2nc(OC[C@H]3CN(C)C4(CC4)CO3)nc3c2CCN(c2cccc4ccccc24)C3)CCN1C(=O)C=C. The molecule has 10 aliphatic rings. The molecule has 664 valence electrons. The number of anilines is 6. The van der Waals surface area contributed by atoms with Gasteiger partial charge in [0.2, 0.25) is 37.4 Å². The van der Waals surface area contributed by atoms with E-state index in [1.807, 2.05) is 16.8 Å². The minimum absolute atomic E-state index is 0.00553. The molecule has 5 aromatic carbocycles. The lowest BCUT2D eigenvalue weighted by molar-refractivity contribution is -0.129. The number of carbonyl (C=O) groups is 3. The highest BCUT2D eigenvalue weighted by Crippen LogP contribution is 2.45. The van der Waals surface area contributed by atoms with E-state index in [1.165, 1.54) is 64.4 Å². The van der Waals surface area contributed by atoms with Crippen LogP contribution < -0.4 is 43.6 Å². The average molecular weight is 1730 g/mol. The molecular formula is C96H112F3N21O7. The summed E-state index contributed by atoms with van der Waals surface area (Å²) < 4.78 is 67.2. The second kappa shape index (κ2) is 38.9. The van der Waals surface area contributed by atoms with Crippen molar-refractivity contribution in [1.29, 1.82) is 0 Å². The summed E-state index contributed by atoms with van der Waals surface area (Å²) in [7, 11) is 6.18. The number of halogens is 3. The fourth-order valence-electron chi connectivity index (χ4n) is 19.8. The number of amides is 3. The number of alkyl halides is 3. The molecule has 3 amide bonds. The zero-order valence-corrected chi connectivity index (χ0v) is 73.0. The number of piperazine rings is 3. The summed E-state index contributed by atoms with van der Waals surface area (Å²) in [4.78, 5) is 103. The number of hydrogen-bond acceptors (Lipinski definition) is 22. The van der Waals surface area contributed by atoms with Gasteiger partial charge < -0.3 is 82.5 Å². The van der Waals surface area contributed by atoms with Crippen LogP contribution in [0.5, 0.6) is 18.0 Å². The van der Waals surface area contributed by atoms with Crippen LogP contribution in [-0.4, -0.2) is 290 Å². The van der Waals surface area contributed by atoms with Crippen LogP contribution in [-0.2, 0) is 58.0 Å². The van der Waals surface area contributed by atoms with Gasteiger partial charge in [-0.3, -0.25) is 24.2 Å². The highest BCUT2D eigenvalue weighted by Gasteiger charge is 2.51. The number of fused-ring (bicyclic) bond motifs is 5. The molecule has 1 aliphatic carbocycles. The van der Waals surface area contributed by atoms with E-state index in [0.29, 0.717) is 136 Å². The maximum atomic E-state index is 14.7. The molecule has 9 aliphatic heterocycles. The van der Waals surface area contributed by atoms with Crippen LogP contribution in [0.1, 0.15) is 84.8 Å². The Morgan fingerprint density at radius 3 is 1.31 bits per heavy atom. The number of rotatable bonds is 22. The average Bonchev–Trinajstić information content (AvgIpc) is 1.64. The van der Waals surface area contributed by atoms with Gasteiger partial charge in [-0.1, -0.05) is 111 Å². The Morgan fingerprint density at radius 2 is 0.906 bits per heavy atom. The van der Waals surface area contributed by atoms with E-state index < -0.39 is 12.1 Å². The molecule has 1 spiro atoms. The normalized spacial score (nSPS) is 22.8. The molecule has 3 aromatic heterocycles. The topological polar surface area (TPSA) is 217 Å². The number of nitrogens with zero attached hydrogens (tertiary/aromatic N) is 21. The number of likely N-dealkylation sites (tertiary alicyclic amines) is 2. The number of ether oxygens (including phenoxy) is 4. The molecule has 6 saturated heterocycles. The first-order valence-electron chi connectivity index (χ1n) is 44.2. The molecule has 0 radical (unpaired) electrons. The fourth-order valence-corrected chi connectivity index (χ4v) is 19.8.